The molecule has 1 aliphatic heterocycles. The zero-order valence-corrected chi connectivity index (χ0v) is 14.7. The maximum atomic E-state index is 13.7. The van der Waals surface area contributed by atoms with Crippen LogP contribution in [0.3, 0.4) is 0 Å². The lowest BCUT2D eigenvalue weighted by atomic mass is 10.1. The molecular formula is C23H17FO3. The number of allylic oxidation sites excluding steroid dienone is 1. The molecule has 0 bridgehead atoms. The highest BCUT2D eigenvalue weighted by atomic mass is 19.1. The summed E-state index contributed by atoms with van der Waals surface area (Å²) in [6.07, 6.45) is 1.72. The first-order valence-electron chi connectivity index (χ1n) is 8.61. The van der Waals surface area contributed by atoms with Crippen LogP contribution in [0.15, 0.2) is 72.5 Å². The molecule has 0 aliphatic carbocycles. The Morgan fingerprint density at radius 1 is 1.04 bits per heavy atom. The van der Waals surface area contributed by atoms with Gasteiger partial charge in [0, 0.05) is 11.6 Å². The highest BCUT2D eigenvalue weighted by Crippen LogP contribution is 2.35. The Labute approximate surface area is 156 Å². The fraction of sp³-hybridized carbons (Fsp3) is 0.0870. The molecule has 27 heavy (non-hydrogen) atoms. The number of hydrogen-bond donors (Lipinski definition) is 0. The molecule has 134 valence electrons. The van der Waals surface area contributed by atoms with E-state index in [9.17, 15) is 9.18 Å². The summed E-state index contributed by atoms with van der Waals surface area (Å²) in [6.45, 7) is 2.11. The first-order valence-corrected chi connectivity index (χ1v) is 8.61. The van der Waals surface area contributed by atoms with Crippen LogP contribution in [0.4, 0.5) is 4.39 Å². The summed E-state index contributed by atoms with van der Waals surface area (Å²) in [5, 5.41) is 0. The molecule has 0 fully saturated rings. The Morgan fingerprint density at radius 3 is 2.59 bits per heavy atom. The lowest BCUT2D eigenvalue weighted by Crippen LogP contribution is -1.98. The van der Waals surface area contributed by atoms with Gasteiger partial charge < -0.3 is 9.47 Å². The van der Waals surface area contributed by atoms with E-state index in [1.54, 1.807) is 42.5 Å². The van der Waals surface area contributed by atoms with Crippen LogP contribution in [-0.4, -0.2) is 5.78 Å². The maximum Gasteiger partial charge on any atom is 0.231 e. The zero-order chi connectivity index (χ0) is 18.8. The number of aryl methyl sites for hydroxylation is 1. The molecule has 1 heterocycles. The van der Waals surface area contributed by atoms with Crippen LogP contribution in [0.2, 0.25) is 0 Å². The number of rotatable bonds is 4. The van der Waals surface area contributed by atoms with E-state index < -0.39 is 0 Å². The number of benzene rings is 3. The van der Waals surface area contributed by atoms with Crippen LogP contribution >= 0.6 is 0 Å². The first kappa shape index (κ1) is 17.0. The van der Waals surface area contributed by atoms with Gasteiger partial charge in [-0.1, -0.05) is 48.0 Å². The van der Waals surface area contributed by atoms with Crippen molar-refractivity contribution in [3.05, 3.63) is 101 Å². The minimum absolute atomic E-state index is 0.103. The Morgan fingerprint density at radius 2 is 1.81 bits per heavy atom. The quantitative estimate of drug-likeness (QED) is 0.590. The molecule has 0 saturated heterocycles. The fourth-order valence-electron chi connectivity index (χ4n) is 2.85. The molecule has 0 atom stereocenters. The van der Waals surface area contributed by atoms with E-state index in [0.29, 0.717) is 22.6 Å². The minimum atomic E-state index is -0.312. The molecule has 3 aromatic carbocycles. The smallest absolute Gasteiger partial charge is 0.231 e. The van der Waals surface area contributed by atoms with Crippen molar-refractivity contribution in [2.45, 2.75) is 13.5 Å². The minimum Gasteiger partial charge on any atom is -0.489 e. The number of fused-ring (bicyclic) bond motifs is 1. The Kier molecular flexibility index (Phi) is 4.47. The zero-order valence-electron chi connectivity index (χ0n) is 14.7. The molecule has 3 aromatic rings. The van der Waals surface area contributed by atoms with E-state index in [2.05, 4.69) is 0 Å². The predicted octanol–water partition coefficient (Wildman–Crippen LogP) is 5.33. The monoisotopic (exact) mass is 360 g/mol. The second kappa shape index (κ2) is 7.08. The van der Waals surface area contributed by atoms with E-state index in [-0.39, 0.29) is 24.0 Å². The predicted molar refractivity (Wildman–Crippen MR) is 101 cm³/mol. The van der Waals surface area contributed by atoms with Crippen LogP contribution in [-0.2, 0) is 6.61 Å². The number of ether oxygens (including phenoxy) is 2. The molecule has 0 saturated carbocycles. The number of halogens is 1. The van der Waals surface area contributed by atoms with Crippen molar-refractivity contribution in [3.8, 4) is 11.5 Å². The average molecular weight is 360 g/mol. The van der Waals surface area contributed by atoms with Crippen LogP contribution in [0.1, 0.15) is 27.0 Å². The number of Topliss-reactive ketones (excluding diaryl/α,β-unsaturated/α-hetero) is 1. The molecule has 0 aromatic heterocycles. The summed E-state index contributed by atoms with van der Waals surface area (Å²) in [5.41, 5.74) is 3.00. The molecule has 0 amide bonds. The van der Waals surface area contributed by atoms with Crippen LogP contribution in [0, 0.1) is 12.7 Å². The van der Waals surface area contributed by atoms with Crippen molar-refractivity contribution < 1.29 is 18.7 Å². The van der Waals surface area contributed by atoms with Crippen molar-refractivity contribution in [2.75, 3.05) is 0 Å². The van der Waals surface area contributed by atoms with E-state index in [0.717, 1.165) is 11.1 Å². The first-order chi connectivity index (χ1) is 13.1. The summed E-state index contributed by atoms with van der Waals surface area (Å²) in [4.78, 5) is 12.5. The third-order valence-corrected chi connectivity index (χ3v) is 4.37. The van der Waals surface area contributed by atoms with Gasteiger partial charge in [0.1, 0.15) is 23.9 Å². The number of ketones is 1. The molecule has 1 aliphatic rings. The third-order valence-electron chi connectivity index (χ3n) is 4.37. The standard InChI is InChI=1S/C23H17FO3/c1-15-6-8-16(9-7-15)12-22-23(25)19-11-10-18(13-21(19)27-22)26-14-17-4-2-3-5-20(17)24/h2-13H,14H2,1H3. The lowest BCUT2D eigenvalue weighted by molar-refractivity contribution is 0.101. The molecule has 0 N–H and O–H groups in total. The summed E-state index contributed by atoms with van der Waals surface area (Å²) in [5.74, 6) is 0.769. The normalized spacial score (nSPS) is 14.1. The van der Waals surface area contributed by atoms with Gasteiger partial charge in [-0.25, -0.2) is 4.39 Å². The van der Waals surface area contributed by atoms with Gasteiger partial charge in [-0.3, -0.25) is 4.79 Å². The molecule has 0 spiro atoms. The SMILES string of the molecule is Cc1ccc(C=C2Oc3cc(OCc4ccccc4F)ccc3C2=O)cc1. The second-order valence-corrected chi connectivity index (χ2v) is 6.39. The Bertz CT molecular complexity index is 1040. The topological polar surface area (TPSA) is 35.5 Å². The van der Waals surface area contributed by atoms with Gasteiger partial charge in [0.25, 0.3) is 0 Å². The summed E-state index contributed by atoms with van der Waals surface area (Å²) in [6, 6.07) is 19.3. The van der Waals surface area contributed by atoms with E-state index in [1.807, 2.05) is 31.2 Å². The van der Waals surface area contributed by atoms with Crippen molar-refractivity contribution in [1.82, 2.24) is 0 Å². The number of hydrogen-bond acceptors (Lipinski definition) is 3. The highest BCUT2D eigenvalue weighted by molar-refractivity contribution is 6.14. The van der Waals surface area contributed by atoms with Crippen LogP contribution in [0.25, 0.3) is 6.08 Å². The van der Waals surface area contributed by atoms with Crippen molar-refractivity contribution in [1.29, 1.82) is 0 Å². The molecule has 4 rings (SSSR count). The van der Waals surface area contributed by atoms with Gasteiger partial charge in [-0.15, -0.1) is 0 Å². The molecule has 0 unspecified atom stereocenters. The molecular weight excluding hydrogens is 343 g/mol. The number of carbonyl (C=O) groups is 1. The van der Waals surface area contributed by atoms with E-state index >= 15 is 0 Å². The van der Waals surface area contributed by atoms with Gasteiger partial charge in [0.15, 0.2) is 5.76 Å². The summed E-state index contributed by atoms with van der Waals surface area (Å²) >= 11 is 0. The van der Waals surface area contributed by atoms with Crippen LogP contribution < -0.4 is 9.47 Å². The summed E-state index contributed by atoms with van der Waals surface area (Å²) < 4.78 is 25.1. The number of carbonyl (C=O) groups excluding carboxylic acids is 1. The third kappa shape index (κ3) is 3.60. The fourth-order valence-corrected chi connectivity index (χ4v) is 2.85. The van der Waals surface area contributed by atoms with Gasteiger partial charge in [-0.05, 0) is 36.8 Å². The Balaban J connectivity index is 1.52. The van der Waals surface area contributed by atoms with Crippen molar-refractivity contribution >= 4 is 11.9 Å². The van der Waals surface area contributed by atoms with Gasteiger partial charge in [-0.2, -0.15) is 0 Å². The van der Waals surface area contributed by atoms with E-state index in [1.165, 1.54) is 6.07 Å². The van der Waals surface area contributed by atoms with E-state index in [4.69, 9.17) is 9.47 Å². The largest absolute Gasteiger partial charge is 0.489 e. The average Bonchev–Trinajstić information content (AvgIpc) is 2.98. The molecule has 3 nitrogen and oxygen atoms in total. The molecule has 4 heteroatoms. The summed E-state index contributed by atoms with van der Waals surface area (Å²) in [7, 11) is 0. The molecule has 0 radical (unpaired) electrons. The van der Waals surface area contributed by atoms with Crippen molar-refractivity contribution in [2.24, 2.45) is 0 Å². The van der Waals surface area contributed by atoms with Gasteiger partial charge in [0.05, 0.1) is 5.56 Å². The Hall–Kier alpha value is -3.40. The highest BCUT2D eigenvalue weighted by Gasteiger charge is 2.27. The van der Waals surface area contributed by atoms with Gasteiger partial charge in [0.2, 0.25) is 5.78 Å². The lowest BCUT2D eigenvalue weighted by Gasteiger charge is -2.08. The second-order valence-electron chi connectivity index (χ2n) is 6.39. The van der Waals surface area contributed by atoms with Crippen LogP contribution in [0.5, 0.6) is 11.5 Å². The van der Waals surface area contributed by atoms with Gasteiger partial charge >= 0.3 is 0 Å². The van der Waals surface area contributed by atoms with Crippen molar-refractivity contribution in [3.63, 3.8) is 0 Å². The maximum absolute atomic E-state index is 13.7.